The summed E-state index contributed by atoms with van der Waals surface area (Å²) in [6.07, 6.45) is 2.56. The second kappa shape index (κ2) is 10.9. The van der Waals surface area contributed by atoms with Gasteiger partial charge in [0.05, 0.1) is 0 Å². The first-order valence-electron chi connectivity index (χ1n) is 10.8. The second-order valence-corrected chi connectivity index (χ2v) is 10.6. The zero-order valence-corrected chi connectivity index (χ0v) is 20.1. The number of piperidine rings is 1. The zero-order valence-electron chi connectivity index (χ0n) is 17.6. The van der Waals surface area contributed by atoms with Gasteiger partial charge in [-0.2, -0.15) is 0 Å². The minimum atomic E-state index is 0.329. The van der Waals surface area contributed by atoms with Crippen molar-refractivity contribution in [2.45, 2.75) is 29.0 Å². The number of thioether (sulfide) groups is 2. The molecule has 1 unspecified atom stereocenters. The summed E-state index contributed by atoms with van der Waals surface area (Å²) < 4.78 is 0. The molecule has 2 saturated heterocycles. The molecule has 2 aromatic carbocycles. The van der Waals surface area contributed by atoms with Crippen molar-refractivity contribution in [3.8, 4) is 0 Å². The maximum atomic E-state index is 5.54. The van der Waals surface area contributed by atoms with E-state index in [1.165, 1.54) is 42.0 Å². The Kier molecular flexibility index (Phi) is 7.99. The van der Waals surface area contributed by atoms with E-state index in [0.717, 1.165) is 35.6 Å². The largest absolute Gasteiger partial charge is 0.366 e. The molecule has 0 aliphatic carbocycles. The summed E-state index contributed by atoms with van der Waals surface area (Å²) in [7, 11) is 1.92. The Labute approximate surface area is 195 Å². The van der Waals surface area contributed by atoms with Gasteiger partial charge in [-0.15, -0.1) is 23.5 Å². The minimum absolute atomic E-state index is 0.329. The van der Waals surface area contributed by atoms with Gasteiger partial charge in [-0.3, -0.25) is 0 Å². The van der Waals surface area contributed by atoms with Crippen molar-refractivity contribution in [3.63, 3.8) is 0 Å². The number of thiocarbonyl (C=S) groups is 1. The Morgan fingerprint density at radius 1 is 1.07 bits per heavy atom. The molecule has 0 aromatic heterocycles. The van der Waals surface area contributed by atoms with Crippen molar-refractivity contribution in [1.29, 1.82) is 0 Å². The van der Waals surface area contributed by atoms with Crippen LogP contribution in [0.1, 0.15) is 35.3 Å². The van der Waals surface area contributed by atoms with E-state index in [4.69, 9.17) is 12.2 Å². The number of hydrogen-bond donors (Lipinski definition) is 1. The molecule has 0 amide bonds. The average molecular weight is 458 g/mol. The monoisotopic (exact) mass is 457 g/mol. The van der Waals surface area contributed by atoms with E-state index in [9.17, 15) is 0 Å². The predicted molar refractivity (Wildman–Crippen MR) is 136 cm³/mol. The first-order valence-corrected chi connectivity index (χ1v) is 13.3. The lowest BCUT2D eigenvalue weighted by Crippen LogP contribution is -2.37. The summed E-state index contributed by atoms with van der Waals surface area (Å²) >= 11 is 9.54. The highest BCUT2D eigenvalue weighted by atomic mass is 32.2. The summed E-state index contributed by atoms with van der Waals surface area (Å²) in [5.74, 6) is 3.00. The van der Waals surface area contributed by atoms with Crippen molar-refractivity contribution in [2.24, 2.45) is 0 Å². The summed E-state index contributed by atoms with van der Waals surface area (Å²) in [6, 6.07) is 19.9. The van der Waals surface area contributed by atoms with Crippen LogP contribution in [0.2, 0.25) is 0 Å². The van der Waals surface area contributed by atoms with Gasteiger partial charge in [0.25, 0.3) is 0 Å². The first-order chi connectivity index (χ1) is 14.8. The molecule has 4 rings (SSSR count). The first kappa shape index (κ1) is 22.0. The smallest absolute Gasteiger partial charge is 0.169 e. The van der Waals surface area contributed by atoms with Crippen LogP contribution in [0.4, 0.5) is 0 Å². The molecular formula is C24H31N3S3. The fourth-order valence-electron chi connectivity index (χ4n) is 4.40. The maximum absolute atomic E-state index is 5.54. The van der Waals surface area contributed by atoms with Gasteiger partial charge < -0.3 is 15.1 Å². The highest BCUT2D eigenvalue weighted by molar-refractivity contribution is 8.00. The molecule has 160 valence electrons. The predicted octanol–water partition coefficient (Wildman–Crippen LogP) is 5.21. The van der Waals surface area contributed by atoms with E-state index in [1.54, 1.807) is 0 Å². The lowest BCUT2D eigenvalue weighted by Gasteiger charge is -2.32. The van der Waals surface area contributed by atoms with Crippen molar-refractivity contribution < 1.29 is 0 Å². The van der Waals surface area contributed by atoms with E-state index in [1.807, 2.05) is 30.6 Å². The van der Waals surface area contributed by atoms with Crippen molar-refractivity contribution >= 4 is 40.9 Å². The number of nitrogens with zero attached hydrogens (tertiary/aromatic N) is 2. The van der Waals surface area contributed by atoms with Gasteiger partial charge in [-0.1, -0.05) is 48.5 Å². The Bertz CT molecular complexity index is 821. The molecule has 6 heteroatoms. The van der Waals surface area contributed by atoms with Crippen LogP contribution in [0.15, 0.2) is 59.5 Å². The molecule has 0 saturated carbocycles. The third-order valence-corrected chi connectivity index (χ3v) is 8.82. The average Bonchev–Trinajstić information content (AvgIpc) is 3.30. The van der Waals surface area contributed by atoms with Gasteiger partial charge >= 0.3 is 0 Å². The standard InChI is InChI=1S/C24H31N3S3/c1-25-24(28)27-16-18-30-23(27)21-9-5-6-10-22(21)29-17-15-26-13-11-20(12-14-26)19-7-3-2-4-8-19/h2-10,20,23H,11-18H2,1H3,(H,25,28). The van der Waals surface area contributed by atoms with Gasteiger partial charge in [-0.25, -0.2) is 0 Å². The van der Waals surface area contributed by atoms with Gasteiger partial charge in [0.15, 0.2) is 5.11 Å². The molecule has 0 bridgehead atoms. The number of hydrogen-bond acceptors (Lipinski definition) is 4. The van der Waals surface area contributed by atoms with Gasteiger partial charge in [0.2, 0.25) is 0 Å². The summed E-state index contributed by atoms with van der Waals surface area (Å²) in [6.45, 7) is 4.61. The fraction of sp³-hybridized carbons (Fsp3) is 0.458. The Balaban J connectivity index is 1.30. The Hall–Kier alpha value is -1.21. The van der Waals surface area contributed by atoms with E-state index >= 15 is 0 Å². The normalized spacial score (nSPS) is 20.4. The molecule has 2 aliphatic heterocycles. The van der Waals surface area contributed by atoms with Gasteiger partial charge in [0.1, 0.15) is 5.37 Å². The van der Waals surface area contributed by atoms with Crippen molar-refractivity contribution in [2.75, 3.05) is 44.7 Å². The number of rotatable bonds is 6. The highest BCUT2D eigenvalue weighted by Crippen LogP contribution is 2.42. The fourth-order valence-corrected chi connectivity index (χ4v) is 7.12. The molecule has 2 aliphatic rings. The second-order valence-electron chi connectivity index (χ2n) is 7.88. The van der Waals surface area contributed by atoms with E-state index in [2.05, 4.69) is 69.7 Å². The Morgan fingerprint density at radius 2 is 1.80 bits per heavy atom. The number of nitrogens with one attached hydrogen (secondary N) is 1. The van der Waals surface area contributed by atoms with Crippen LogP contribution in [-0.2, 0) is 0 Å². The third kappa shape index (κ3) is 5.34. The topological polar surface area (TPSA) is 18.5 Å². The van der Waals surface area contributed by atoms with Crippen LogP contribution < -0.4 is 5.32 Å². The molecule has 3 nitrogen and oxygen atoms in total. The molecule has 1 N–H and O–H groups in total. The minimum Gasteiger partial charge on any atom is -0.366 e. The van der Waals surface area contributed by atoms with Crippen LogP contribution in [0.5, 0.6) is 0 Å². The Morgan fingerprint density at radius 3 is 2.57 bits per heavy atom. The van der Waals surface area contributed by atoms with Crippen LogP contribution in [0, 0.1) is 0 Å². The molecule has 0 radical (unpaired) electrons. The third-order valence-electron chi connectivity index (χ3n) is 6.07. The van der Waals surface area contributed by atoms with Crippen LogP contribution in [0.25, 0.3) is 0 Å². The lowest BCUT2D eigenvalue weighted by atomic mass is 9.89. The highest BCUT2D eigenvalue weighted by Gasteiger charge is 2.30. The van der Waals surface area contributed by atoms with Gasteiger partial charge in [-0.05, 0) is 61.3 Å². The van der Waals surface area contributed by atoms with Crippen LogP contribution in [-0.4, -0.2) is 59.6 Å². The molecule has 30 heavy (non-hydrogen) atoms. The zero-order chi connectivity index (χ0) is 20.8. The quantitative estimate of drug-likeness (QED) is 0.471. The maximum Gasteiger partial charge on any atom is 0.169 e. The van der Waals surface area contributed by atoms with E-state index < -0.39 is 0 Å². The summed E-state index contributed by atoms with van der Waals surface area (Å²) in [4.78, 5) is 6.37. The molecule has 2 heterocycles. The summed E-state index contributed by atoms with van der Waals surface area (Å²) in [5, 5.41) is 4.34. The van der Waals surface area contributed by atoms with Crippen LogP contribution >= 0.6 is 35.7 Å². The molecular weight excluding hydrogens is 426 g/mol. The van der Waals surface area contributed by atoms with Crippen molar-refractivity contribution in [3.05, 3.63) is 65.7 Å². The molecule has 2 aromatic rings. The number of benzene rings is 2. The number of likely N-dealkylation sites (tertiary alicyclic amines) is 1. The SMILES string of the molecule is CNC(=S)N1CCSC1c1ccccc1SCCN1CCC(c2ccccc2)CC1. The summed E-state index contributed by atoms with van der Waals surface area (Å²) in [5.41, 5.74) is 2.92. The molecule has 2 fully saturated rings. The van der Waals surface area contributed by atoms with Crippen LogP contribution in [0.3, 0.4) is 0 Å². The van der Waals surface area contributed by atoms with E-state index in [0.29, 0.717) is 5.37 Å². The molecule has 1 atom stereocenters. The lowest BCUT2D eigenvalue weighted by molar-refractivity contribution is 0.224. The van der Waals surface area contributed by atoms with Crippen molar-refractivity contribution in [1.82, 2.24) is 15.1 Å². The molecule has 0 spiro atoms. The van der Waals surface area contributed by atoms with E-state index in [-0.39, 0.29) is 0 Å². The van der Waals surface area contributed by atoms with Gasteiger partial charge in [0, 0.05) is 36.5 Å².